The zero-order valence-electron chi connectivity index (χ0n) is 15.2. The topological polar surface area (TPSA) is 71.1 Å². The number of piperazine rings is 1. The van der Waals surface area contributed by atoms with Gasteiger partial charge < -0.3 is 19.7 Å². The molecule has 2 aliphatic rings. The number of rotatable bonds is 3. The number of ether oxygens (including phenoxy) is 2. The average molecular weight is 446 g/mol. The van der Waals surface area contributed by atoms with Crippen molar-refractivity contribution in [3.8, 4) is 11.5 Å². The largest absolute Gasteiger partial charge is 0.454 e. The summed E-state index contributed by atoms with van der Waals surface area (Å²) in [6.07, 6.45) is 0. The van der Waals surface area contributed by atoms with Crippen LogP contribution in [0, 0.1) is 0 Å². The molecule has 0 atom stereocenters. The van der Waals surface area contributed by atoms with Gasteiger partial charge in [0, 0.05) is 37.2 Å². The van der Waals surface area contributed by atoms with E-state index in [0.717, 1.165) is 28.1 Å². The van der Waals surface area contributed by atoms with Gasteiger partial charge >= 0.3 is 11.8 Å². The number of nitrogens with zero attached hydrogens (tertiary/aromatic N) is 2. The summed E-state index contributed by atoms with van der Waals surface area (Å²) >= 11 is 3.36. The summed E-state index contributed by atoms with van der Waals surface area (Å²) in [5.41, 5.74) is 1.72. The molecule has 7 nitrogen and oxygen atoms in total. The quantitative estimate of drug-likeness (QED) is 0.734. The Bertz CT molecular complexity index is 897. The number of nitrogens with one attached hydrogen (secondary N) is 1. The SMILES string of the molecule is O=C(Nc1ccccc1Br)C(=O)N1CCN(Cc2ccc3c(c2)OCO3)CC1. The van der Waals surface area contributed by atoms with E-state index >= 15 is 0 Å². The molecule has 0 bridgehead atoms. The van der Waals surface area contributed by atoms with Gasteiger partial charge in [-0.1, -0.05) is 18.2 Å². The molecule has 1 fully saturated rings. The number of para-hydroxylation sites is 1. The minimum atomic E-state index is -0.615. The van der Waals surface area contributed by atoms with Crippen LogP contribution in [-0.2, 0) is 16.1 Å². The molecule has 1 saturated heterocycles. The van der Waals surface area contributed by atoms with Crippen LogP contribution in [-0.4, -0.2) is 54.6 Å². The normalized spacial score (nSPS) is 16.1. The van der Waals surface area contributed by atoms with E-state index in [2.05, 4.69) is 26.1 Å². The van der Waals surface area contributed by atoms with Crippen LogP contribution >= 0.6 is 15.9 Å². The van der Waals surface area contributed by atoms with Crippen molar-refractivity contribution < 1.29 is 19.1 Å². The summed E-state index contributed by atoms with van der Waals surface area (Å²) in [5, 5.41) is 2.67. The van der Waals surface area contributed by atoms with E-state index in [1.54, 1.807) is 17.0 Å². The zero-order chi connectivity index (χ0) is 19.5. The molecule has 2 amide bonds. The molecule has 8 heteroatoms. The molecule has 1 N–H and O–H groups in total. The summed E-state index contributed by atoms with van der Waals surface area (Å²) in [6.45, 7) is 3.49. The predicted molar refractivity (Wildman–Crippen MR) is 107 cm³/mol. The van der Waals surface area contributed by atoms with Gasteiger partial charge in [-0.05, 0) is 45.8 Å². The molecule has 0 aliphatic carbocycles. The minimum Gasteiger partial charge on any atom is -0.454 e. The van der Waals surface area contributed by atoms with Crippen molar-refractivity contribution >= 4 is 33.4 Å². The highest BCUT2D eigenvalue weighted by molar-refractivity contribution is 9.10. The number of hydrogen-bond donors (Lipinski definition) is 1. The van der Waals surface area contributed by atoms with Gasteiger partial charge in [-0.15, -0.1) is 0 Å². The van der Waals surface area contributed by atoms with Gasteiger partial charge in [0.1, 0.15) is 0 Å². The van der Waals surface area contributed by atoms with Crippen LogP contribution in [0.3, 0.4) is 0 Å². The van der Waals surface area contributed by atoms with Gasteiger partial charge in [0.2, 0.25) is 6.79 Å². The summed E-state index contributed by atoms with van der Waals surface area (Å²) in [5.74, 6) is 0.430. The van der Waals surface area contributed by atoms with Gasteiger partial charge in [-0.25, -0.2) is 0 Å². The van der Waals surface area contributed by atoms with E-state index in [4.69, 9.17) is 9.47 Å². The molecule has 2 heterocycles. The third-order valence-corrected chi connectivity index (χ3v) is 5.51. The first kappa shape index (κ1) is 18.8. The fourth-order valence-corrected chi connectivity index (χ4v) is 3.67. The Hall–Kier alpha value is -2.58. The lowest BCUT2D eigenvalue weighted by molar-refractivity contribution is -0.144. The molecule has 0 radical (unpaired) electrons. The molecule has 0 saturated carbocycles. The molecule has 0 unspecified atom stereocenters. The van der Waals surface area contributed by atoms with Crippen LogP contribution in [0.25, 0.3) is 0 Å². The second kappa shape index (κ2) is 8.20. The smallest absolute Gasteiger partial charge is 0.313 e. The maximum atomic E-state index is 12.5. The van der Waals surface area contributed by atoms with Crippen LogP contribution in [0.1, 0.15) is 5.56 Å². The average Bonchev–Trinajstić information content (AvgIpc) is 3.17. The van der Waals surface area contributed by atoms with Gasteiger partial charge in [0.15, 0.2) is 11.5 Å². The molecule has 2 aromatic carbocycles. The number of amides is 2. The molecule has 2 aliphatic heterocycles. The number of halogens is 1. The summed E-state index contributed by atoms with van der Waals surface area (Å²) in [7, 11) is 0. The molecule has 0 aromatic heterocycles. The van der Waals surface area contributed by atoms with E-state index in [1.165, 1.54) is 0 Å². The maximum absolute atomic E-state index is 12.5. The second-order valence-corrected chi connectivity index (χ2v) is 7.54. The van der Waals surface area contributed by atoms with Gasteiger partial charge in [-0.3, -0.25) is 14.5 Å². The van der Waals surface area contributed by atoms with Crippen molar-refractivity contribution in [2.75, 3.05) is 38.3 Å². The molecular formula is C20H20BrN3O4. The lowest BCUT2D eigenvalue weighted by Gasteiger charge is -2.34. The number of fused-ring (bicyclic) bond motifs is 1. The van der Waals surface area contributed by atoms with Crippen molar-refractivity contribution in [1.29, 1.82) is 0 Å². The van der Waals surface area contributed by atoms with Crippen LogP contribution in [0.5, 0.6) is 11.5 Å². The Morgan fingerprint density at radius 2 is 1.75 bits per heavy atom. The van der Waals surface area contributed by atoms with Gasteiger partial charge in [0.05, 0.1) is 5.69 Å². The third-order valence-electron chi connectivity index (χ3n) is 4.82. The second-order valence-electron chi connectivity index (χ2n) is 6.69. The summed E-state index contributed by atoms with van der Waals surface area (Å²) in [6, 6.07) is 13.2. The fraction of sp³-hybridized carbons (Fsp3) is 0.300. The number of benzene rings is 2. The standard InChI is InChI=1S/C20H20BrN3O4/c21-15-3-1-2-4-16(15)22-19(25)20(26)24-9-7-23(8-10-24)12-14-5-6-17-18(11-14)28-13-27-17/h1-6,11H,7-10,12-13H2,(H,22,25). The molecule has 4 rings (SSSR count). The van der Waals surface area contributed by atoms with Crippen LogP contribution in [0.2, 0.25) is 0 Å². The number of anilines is 1. The van der Waals surface area contributed by atoms with Crippen molar-refractivity contribution in [2.24, 2.45) is 0 Å². The Kier molecular flexibility index (Phi) is 5.50. The number of carbonyl (C=O) groups excluding carboxylic acids is 2. The third kappa shape index (κ3) is 4.13. The van der Waals surface area contributed by atoms with Crippen LogP contribution in [0.15, 0.2) is 46.9 Å². The Morgan fingerprint density at radius 1 is 1.00 bits per heavy atom. The van der Waals surface area contributed by atoms with E-state index in [1.807, 2.05) is 30.3 Å². The van der Waals surface area contributed by atoms with E-state index in [0.29, 0.717) is 31.9 Å². The molecule has 28 heavy (non-hydrogen) atoms. The lowest BCUT2D eigenvalue weighted by Crippen LogP contribution is -2.51. The number of carbonyl (C=O) groups is 2. The zero-order valence-corrected chi connectivity index (χ0v) is 16.8. The highest BCUT2D eigenvalue weighted by Gasteiger charge is 2.26. The lowest BCUT2D eigenvalue weighted by atomic mass is 10.1. The summed E-state index contributed by atoms with van der Waals surface area (Å²) in [4.78, 5) is 28.6. The molecule has 146 valence electrons. The van der Waals surface area contributed by atoms with E-state index in [9.17, 15) is 9.59 Å². The molecular weight excluding hydrogens is 426 g/mol. The minimum absolute atomic E-state index is 0.265. The fourth-order valence-electron chi connectivity index (χ4n) is 3.29. The maximum Gasteiger partial charge on any atom is 0.313 e. The van der Waals surface area contributed by atoms with Gasteiger partial charge in [0.25, 0.3) is 0 Å². The van der Waals surface area contributed by atoms with Crippen molar-refractivity contribution in [3.63, 3.8) is 0 Å². The number of hydrogen-bond acceptors (Lipinski definition) is 5. The van der Waals surface area contributed by atoms with Crippen molar-refractivity contribution in [1.82, 2.24) is 9.80 Å². The van der Waals surface area contributed by atoms with Crippen molar-refractivity contribution in [3.05, 3.63) is 52.5 Å². The Balaban J connectivity index is 1.29. The predicted octanol–water partition coefficient (Wildman–Crippen LogP) is 2.46. The Labute approximate surface area is 171 Å². The first-order valence-corrected chi connectivity index (χ1v) is 9.85. The first-order chi connectivity index (χ1) is 13.6. The van der Waals surface area contributed by atoms with Crippen LogP contribution in [0.4, 0.5) is 5.69 Å². The van der Waals surface area contributed by atoms with Crippen LogP contribution < -0.4 is 14.8 Å². The van der Waals surface area contributed by atoms with Gasteiger partial charge in [-0.2, -0.15) is 0 Å². The summed E-state index contributed by atoms with van der Waals surface area (Å²) < 4.78 is 11.5. The highest BCUT2D eigenvalue weighted by Crippen LogP contribution is 2.32. The molecule has 0 spiro atoms. The van der Waals surface area contributed by atoms with Crippen molar-refractivity contribution in [2.45, 2.75) is 6.54 Å². The first-order valence-electron chi connectivity index (χ1n) is 9.06. The Morgan fingerprint density at radius 3 is 2.54 bits per heavy atom. The highest BCUT2D eigenvalue weighted by atomic mass is 79.9. The monoisotopic (exact) mass is 445 g/mol. The van der Waals surface area contributed by atoms with E-state index < -0.39 is 11.8 Å². The molecule has 2 aromatic rings. The van der Waals surface area contributed by atoms with E-state index in [-0.39, 0.29) is 6.79 Å².